The van der Waals surface area contributed by atoms with E-state index in [1.165, 1.54) is 18.4 Å². The van der Waals surface area contributed by atoms with Gasteiger partial charge in [-0.1, -0.05) is 61.7 Å². The lowest BCUT2D eigenvalue weighted by atomic mass is 9.47. The van der Waals surface area contributed by atoms with Crippen molar-refractivity contribution in [1.82, 2.24) is 0 Å². The van der Waals surface area contributed by atoms with Gasteiger partial charge >= 0.3 is 0 Å². The van der Waals surface area contributed by atoms with Crippen LogP contribution in [0.3, 0.4) is 0 Å². The minimum Gasteiger partial charge on any atom is -0.385 e. The fourth-order valence-corrected chi connectivity index (χ4v) is 7.40. The number of benzene rings is 1. The van der Waals surface area contributed by atoms with E-state index in [1.807, 2.05) is 6.07 Å². The lowest BCUT2D eigenvalue weighted by molar-refractivity contribution is -0.158. The third-order valence-corrected chi connectivity index (χ3v) is 8.79. The molecule has 4 rings (SSSR count). The summed E-state index contributed by atoms with van der Waals surface area (Å²) in [5.74, 6) is 2.27. The molecule has 1 fully saturated rings. The second-order valence-corrected chi connectivity index (χ2v) is 9.65. The van der Waals surface area contributed by atoms with Gasteiger partial charge in [-0.2, -0.15) is 0 Å². The van der Waals surface area contributed by atoms with Crippen LogP contribution in [-0.2, 0) is 10.4 Å². The van der Waals surface area contributed by atoms with Crippen molar-refractivity contribution in [3.05, 3.63) is 47.0 Å². The molecule has 3 unspecified atom stereocenters. The van der Waals surface area contributed by atoms with Gasteiger partial charge in [-0.25, -0.2) is 0 Å². The first-order valence-electron chi connectivity index (χ1n) is 11.4. The topological polar surface area (TPSA) is 37.3 Å². The van der Waals surface area contributed by atoms with E-state index in [1.54, 1.807) is 5.57 Å². The summed E-state index contributed by atoms with van der Waals surface area (Å²) in [6, 6.07) is 10.3. The Morgan fingerprint density at radius 2 is 1.86 bits per heavy atom. The second-order valence-electron chi connectivity index (χ2n) is 9.65. The molecule has 3 aliphatic carbocycles. The van der Waals surface area contributed by atoms with Crippen LogP contribution < -0.4 is 0 Å². The van der Waals surface area contributed by atoms with E-state index in [9.17, 15) is 9.90 Å². The summed E-state index contributed by atoms with van der Waals surface area (Å²) >= 11 is 0. The normalized spacial score (nSPS) is 35.1. The first-order chi connectivity index (χ1) is 13.4. The molecule has 1 N–H and O–H groups in total. The van der Waals surface area contributed by atoms with Crippen LogP contribution in [0.25, 0.3) is 0 Å². The zero-order chi connectivity index (χ0) is 19.9. The van der Waals surface area contributed by atoms with Crippen LogP contribution in [-0.4, -0.2) is 10.9 Å². The second kappa shape index (κ2) is 7.44. The zero-order valence-electron chi connectivity index (χ0n) is 17.8. The van der Waals surface area contributed by atoms with Crippen molar-refractivity contribution in [2.45, 2.75) is 84.2 Å². The Labute approximate surface area is 170 Å². The summed E-state index contributed by atoms with van der Waals surface area (Å²) in [5.41, 5.74) is 3.29. The van der Waals surface area contributed by atoms with Gasteiger partial charge in [-0.05, 0) is 68.8 Å². The average molecular weight is 381 g/mol. The van der Waals surface area contributed by atoms with Gasteiger partial charge in [0, 0.05) is 18.3 Å². The van der Waals surface area contributed by atoms with Crippen LogP contribution in [0.4, 0.5) is 0 Å². The van der Waals surface area contributed by atoms with Crippen molar-refractivity contribution in [1.29, 1.82) is 0 Å². The molecule has 0 saturated heterocycles. The number of fused-ring (bicyclic) bond motifs is 2. The number of ketones is 1. The van der Waals surface area contributed by atoms with Gasteiger partial charge in [0.25, 0.3) is 0 Å². The monoisotopic (exact) mass is 380 g/mol. The molecule has 152 valence electrons. The zero-order valence-corrected chi connectivity index (χ0v) is 17.8. The van der Waals surface area contributed by atoms with Crippen molar-refractivity contribution in [2.75, 3.05) is 0 Å². The molecule has 0 radical (unpaired) electrons. The largest absolute Gasteiger partial charge is 0.385 e. The van der Waals surface area contributed by atoms with Gasteiger partial charge in [0.05, 0.1) is 5.60 Å². The molecule has 0 aromatic heterocycles. The van der Waals surface area contributed by atoms with Gasteiger partial charge < -0.3 is 5.11 Å². The predicted molar refractivity (Wildman–Crippen MR) is 114 cm³/mol. The molecule has 2 nitrogen and oxygen atoms in total. The summed E-state index contributed by atoms with van der Waals surface area (Å²) in [7, 11) is 0. The van der Waals surface area contributed by atoms with Crippen LogP contribution >= 0.6 is 0 Å². The molecular formula is C26H36O2. The van der Waals surface area contributed by atoms with E-state index in [4.69, 9.17) is 0 Å². The average Bonchev–Trinajstić information content (AvgIpc) is 2.72. The molecule has 1 saturated carbocycles. The summed E-state index contributed by atoms with van der Waals surface area (Å²) in [4.78, 5) is 12.0. The minimum absolute atomic E-state index is 0.0766. The van der Waals surface area contributed by atoms with E-state index < -0.39 is 5.60 Å². The van der Waals surface area contributed by atoms with E-state index in [0.717, 1.165) is 50.5 Å². The van der Waals surface area contributed by atoms with Gasteiger partial charge in [0.1, 0.15) is 5.78 Å². The third kappa shape index (κ3) is 2.91. The van der Waals surface area contributed by atoms with Crippen LogP contribution in [0, 0.1) is 23.2 Å². The molecule has 3 aliphatic rings. The van der Waals surface area contributed by atoms with Crippen LogP contribution in [0.2, 0.25) is 0 Å². The first-order valence-corrected chi connectivity index (χ1v) is 11.4. The Morgan fingerprint density at radius 1 is 1.11 bits per heavy atom. The smallest absolute Gasteiger partial charge is 0.137 e. The Balaban J connectivity index is 1.72. The molecule has 0 amide bonds. The highest BCUT2D eigenvalue weighted by Crippen LogP contribution is 2.63. The molecule has 0 aliphatic heterocycles. The molecular weight excluding hydrogens is 344 g/mol. The highest BCUT2D eigenvalue weighted by Gasteiger charge is 2.57. The number of rotatable bonds is 4. The lowest BCUT2D eigenvalue weighted by Crippen LogP contribution is -2.55. The first kappa shape index (κ1) is 19.9. The van der Waals surface area contributed by atoms with Crippen molar-refractivity contribution in [2.24, 2.45) is 23.2 Å². The number of aliphatic hydroxyl groups is 1. The van der Waals surface area contributed by atoms with Crippen LogP contribution in [0.1, 0.15) is 84.1 Å². The van der Waals surface area contributed by atoms with Crippen molar-refractivity contribution < 1.29 is 9.90 Å². The molecule has 0 heterocycles. The molecule has 28 heavy (non-hydrogen) atoms. The predicted octanol–water partition coefficient (Wildman–Crippen LogP) is 6.19. The summed E-state index contributed by atoms with van der Waals surface area (Å²) in [6.07, 6.45) is 9.16. The molecule has 0 spiro atoms. The quantitative estimate of drug-likeness (QED) is 0.633. The number of Topliss-reactive ketones (excluding diaryl/α,β-unsaturated/α-hetero) is 1. The Bertz CT molecular complexity index is 760. The number of carbonyl (C=O) groups excluding carboxylic acids is 1. The maximum absolute atomic E-state index is 12.0. The molecule has 5 atom stereocenters. The molecule has 2 heteroatoms. The minimum atomic E-state index is -0.814. The van der Waals surface area contributed by atoms with E-state index in [0.29, 0.717) is 23.5 Å². The summed E-state index contributed by atoms with van der Waals surface area (Å²) in [6.45, 7) is 6.68. The molecule has 0 bridgehead atoms. The van der Waals surface area contributed by atoms with E-state index in [-0.39, 0.29) is 5.41 Å². The van der Waals surface area contributed by atoms with Crippen LogP contribution in [0.15, 0.2) is 41.5 Å². The van der Waals surface area contributed by atoms with Gasteiger partial charge in [-0.15, -0.1) is 0 Å². The van der Waals surface area contributed by atoms with Gasteiger partial charge in [0.15, 0.2) is 0 Å². The number of carbonyl (C=O) groups is 1. The van der Waals surface area contributed by atoms with Crippen molar-refractivity contribution >= 4 is 5.78 Å². The SMILES string of the molecule is CCC1[C@@H]2CCC3=C(CCC(=O)C3)[C@H]2CCC1(CC)C(C)(O)c1ccccc1. The highest BCUT2D eigenvalue weighted by molar-refractivity contribution is 5.82. The Hall–Kier alpha value is -1.41. The van der Waals surface area contributed by atoms with E-state index >= 15 is 0 Å². The Morgan fingerprint density at radius 3 is 2.54 bits per heavy atom. The summed E-state index contributed by atoms with van der Waals surface area (Å²) in [5, 5.41) is 12.0. The number of allylic oxidation sites excluding steroid dienone is 2. The summed E-state index contributed by atoms with van der Waals surface area (Å²) < 4.78 is 0. The van der Waals surface area contributed by atoms with Gasteiger partial charge in [0.2, 0.25) is 0 Å². The fourth-order valence-electron chi connectivity index (χ4n) is 7.40. The van der Waals surface area contributed by atoms with E-state index in [2.05, 4.69) is 45.0 Å². The Kier molecular flexibility index (Phi) is 5.29. The lowest BCUT2D eigenvalue weighted by Gasteiger charge is -2.59. The number of hydrogen-bond donors (Lipinski definition) is 1. The highest BCUT2D eigenvalue weighted by atomic mass is 16.3. The number of hydrogen-bond acceptors (Lipinski definition) is 2. The third-order valence-electron chi connectivity index (χ3n) is 8.79. The van der Waals surface area contributed by atoms with Crippen molar-refractivity contribution in [3.63, 3.8) is 0 Å². The maximum atomic E-state index is 12.0. The molecule has 1 aromatic carbocycles. The van der Waals surface area contributed by atoms with Crippen LogP contribution in [0.5, 0.6) is 0 Å². The molecule has 1 aromatic rings. The van der Waals surface area contributed by atoms with Gasteiger partial charge in [-0.3, -0.25) is 4.79 Å². The maximum Gasteiger partial charge on any atom is 0.137 e. The van der Waals surface area contributed by atoms with Crippen molar-refractivity contribution in [3.8, 4) is 0 Å². The fraction of sp³-hybridized carbons (Fsp3) is 0.654. The standard InChI is InChI=1S/C26H36O2/c1-4-24-23-13-11-18-17-20(27)12-14-21(18)22(23)15-16-26(24,5-2)25(3,28)19-9-7-6-8-10-19/h6-10,22-24,28H,4-5,11-17H2,1-3H3/t22-,23-,24?,25?,26?/m1/s1.